The second kappa shape index (κ2) is 6.20. The fraction of sp³-hybridized carbons (Fsp3) is 0.316. The Morgan fingerprint density at radius 1 is 1.28 bits per heavy atom. The standard InChI is InChI=1S/C19H16F2N8/c1-22-9-16(14-6-19(14,20)21)29-11-13(8-25-29)18-26-15(12-7-24-27(2)10-12)5-17-23-3-4-28(17)18/h3-5,7-8,10-11,14,16H,6,9H2,2H3. The number of hydrogen-bond donors (Lipinski definition) is 0. The Morgan fingerprint density at radius 3 is 2.76 bits per heavy atom. The van der Waals surface area contributed by atoms with Crippen LogP contribution in [0, 0.1) is 12.5 Å². The van der Waals surface area contributed by atoms with Gasteiger partial charge in [0, 0.05) is 49.9 Å². The molecule has 0 radical (unpaired) electrons. The molecule has 1 aliphatic rings. The number of rotatable bonds is 5. The first-order valence-electron chi connectivity index (χ1n) is 9.05. The maximum Gasteiger partial charge on any atom is 0.254 e. The van der Waals surface area contributed by atoms with Crippen LogP contribution < -0.4 is 0 Å². The number of nitrogens with zero attached hydrogens (tertiary/aromatic N) is 8. The minimum Gasteiger partial charge on any atom is -0.315 e. The van der Waals surface area contributed by atoms with E-state index >= 15 is 0 Å². The first kappa shape index (κ1) is 17.5. The fourth-order valence-electron chi connectivity index (χ4n) is 3.60. The summed E-state index contributed by atoms with van der Waals surface area (Å²) >= 11 is 0. The lowest BCUT2D eigenvalue weighted by atomic mass is 10.2. The van der Waals surface area contributed by atoms with Gasteiger partial charge in [0.1, 0.15) is 17.5 Å². The Hall–Kier alpha value is -3.61. The third kappa shape index (κ3) is 2.95. The fourth-order valence-corrected chi connectivity index (χ4v) is 3.60. The second-order valence-corrected chi connectivity index (χ2v) is 7.21. The van der Waals surface area contributed by atoms with Gasteiger partial charge in [0.15, 0.2) is 0 Å². The summed E-state index contributed by atoms with van der Waals surface area (Å²) in [5.74, 6) is -2.99. The Morgan fingerprint density at radius 2 is 2.07 bits per heavy atom. The van der Waals surface area contributed by atoms with Gasteiger partial charge in [-0.15, -0.1) is 0 Å². The first-order chi connectivity index (χ1) is 14.0. The van der Waals surface area contributed by atoms with Gasteiger partial charge in [-0.2, -0.15) is 10.2 Å². The zero-order valence-corrected chi connectivity index (χ0v) is 15.4. The molecular formula is C19H16F2N8. The molecule has 0 aliphatic heterocycles. The summed E-state index contributed by atoms with van der Waals surface area (Å²) in [4.78, 5) is 12.4. The van der Waals surface area contributed by atoms with Crippen LogP contribution in [0.15, 0.2) is 43.2 Å². The van der Waals surface area contributed by atoms with Gasteiger partial charge in [-0.3, -0.25) is 13.8 Å². The second-order valence-electron chi connectivity index (χ2n) is 7.21. The molecule has 4 heterocycles. The van der Waals surface area contributed by atoms with Crippen molar-refractivity contribution in [2.45, 2.75) is 18.4 Å². The van der Waals surface area contributed by atoms with Crippen molar-refractivity contribution in [3.63, 3.8) is 0 Å². The highest BCUT2D eigenvalue weighted by Gasteiger charge is 2.62. The molecule has 1 fully saturated rings. The van der Waals surface area contributed by atoms with E-state index in [0.717, 1.165) is 5.56 Å². The lowest BCUT2D eigenvalue weighted by molar-refractivity contribution is 0.0861. The zero-order valence-electron chi connectivity index (χ0n) is 15.4. The molecule has 10 heteroatoms. The molecule has 0 N–H and O–H groups in total. The van der Waals surface area contributed by atoms with Crippen LogP contribution in [-0.2, 0) is 7.05 Å². The summed E-state index contributed by atoms with van der Waals surface area (Å²) in [6.45, 7) is 7.09. The van der Waals surface area contributed by atoms with Gasteiger partial charge in [0.25, 0.3) is 5.92 Å². The number of fused-ring (bicyclic) bond motifs is 1. The van der Waals surface area contributed by atoms with Crippen LogP contribution in [0.4, 0.5) is 8.78 Å². The Bertz CT molecular complexity index is 1240. The molecule has 4 aromatic heterocycles. The van der Waals surface area contributed by atoms with E-state index in [1.165, 1.54) is 4.68 Å². The van der Waals surface area contributed by atoms with E-state index in [2.05, 4.69) is 20.0 Å². The molecule has 29 heavy (non-hydrogen) atoms. The molecule has 146 valence electrons. The average Bonchev–Trinajstić information content (AvgIpc) is 3.21. The van der Waals surface area contributed by atoms with Crippen LogP contribution in [0.3, 0.4) is 0 Å². The van der Waals surface area contributed by atoms with Crippen molar-refractivity contribution in [1.82, 2.24) is 33.9 Å². The van der Waals surface area contributed by atoms with Gasteiger partial charge < -0.3 is 4.85 Å². The molecule has 1 saturated carbocycles. The topological polar surface area (TPSA) is 70.2 Å². The molecule has 2 atom stereocenters. The lowest BCUT2D eigenvalue weighted by Crippen LogP contribution is -2.17. The molecule has 2 unspecified atom stereocenters. The van der Waals surface area contributed by atoms with Gasteiger partial charge in [-0.1, -0.05) is 0 Å². The quantitative estimate of drug-likeness (QED) is 0.488. The van der Waals surface area contributed by atoms with Crippen LogP contribution in [-0.4, -0.2) is 46.4 Å². The van der Waals surface area contributed by atoms with Crippen LogP contribution >= 0.6 is 0 Å². The van der Waals surface area contributed by atoms with E-state index in [-0.39, 0.29) is 13.0 Å². The zero-order chi connectivity index (χ0) is 20.2. The number of aryl methyl sites for hydroxylation is 1. The SMILES string of the molecule is [C-]#[N+]CC(C1CC1(F)F)n1cc(-c2nc(-c3cnn(C)c3)cc3nccn23)cn1. The van der Waals surface area contributed by atoms with Crippen molar-refractivity contribution in [1.29, 1.82) is 0 Å². The molecule has 0 saturated heterocycles. The Balaban J connectivity index is 1.58. The summed E-state index contributed by atoms with van der Waals surface area (Å²) in [5.41, 5.74) is 2.91. The largest absolute Gasteiger partial charge is 0.315 e. The summed E-state index contributed by atoms with van der Waals surface area (Å²) in [7, 11) is 1.83. The van der Waals surface area contributed by atoms with E-state index in [0.29, 0.717) is 22.7 Å². The van der Waals surface area contributed by atoms with Crippen LogP contribution in [0.5, 0.6) is 0 Å². The highest BCUT2D eigenvalue weighted by Crippen LogP contribution is 2.54. The average molecular weight is 394 g/mol. The van der Waals surface area contributed by atoms with Gasteiger partial charge in [0.05, 0.1) is 29.6 Å². The molecule has 4 aromatic rings. The van der Waals surface area contributed by atoms with Gasteiger partial charge >= 0.3 is 0 Å². The predicted molar refractivity (Wildman–Crippen MR) is 100.0 cm³/mol. The number of alkyl halides is 2. The Kier molecular flexibility index (Phi) is 3.74. The predicted octanol–water partition coefficient (Wildman–Crippen LogP) is 3.11. The number of hydrogen-bond acceptors (Lipinski definition) is 4. The maximum atomic E-state index is 13.6. The number of halogens is 2. The van der Waals surface area contributed by atoms with E-state index in [1.54, 1.807) is 35.7 Å². The minimum atomic E-state index is -2.72. The van der Waals surface area contributed by atoms with E-state index in [9.17, 15) is 8.78 Å². The van der Waals surface area contributed by atoms with Crippen molar-refractivity contribution in [2.24, 2.45) is 13.0 Å². The first-order valence-corrected chi connectivity index (χ1v) is 9.05. The van der Waals surface area contributed by atoms with Crippen molar-refractivity contribution in [3.05, 3.63) is 54.7 Å². The van der Waals surface area contributed by atoms with E-state index < -0.39 is 17.9 Å². The summed E-state index contributed by atoms with van der Waals surface area (Å²) in [6, 6.07) is 1.20. The van der Waals surface area contributed by atoms with Crippen molar-refractivity contribution in [3.8, 4) is 22.6 Å². The summed E-state index contributed by atoms with van der Waals surface area (Å²) < 4.78 is 32.2. The van der Waals surface area contributed by atoms with Crippen molar-refractivity contribution in [2.75, 3.05) is 6.54 Å². The molecule has 5 rings (SSSR count). The van der Waals surface area contributed by atoms with Gasteiger partial charge in [-0.05, 0) is 0 Å². The van der Waals surface area contributed by atoms with E-state index in [4.69, 9.17) is 11.6 Å². The molecular weight excluding hydrogens is 378 g/mol. The summed E-state index contributed by atoms with van der Waals surface area (Å²) in [6.07, 6.45) is 10.1. The Labute approximate surface area is 164 Å². The molecule has 0 amide bonds. The number of aromatic nitrogens is 7. The number of imidazole rings is 1. The molecule has 0 spiro atoms. The third-order valence-electron chi connectivity index (χ3n) is 5.21. The van der Waals surface area contributed by atoms with Crippen LogP contribution in [0.25, 0.3) is 33.1 Å². The van der Waals surface area contributed by atoms with Crippen molar-refractivity contribution < 1.29 is 8.78 Å². The maximum absolute atomic E-state index is 13.6. The molecule has 0 aromatic carbocycles. The summed E-state index contributed by atoms with van der Waals surface area (Å²) in [5, 5.41) is 8.47. The monoisotopic (exact) mass is 394 g/mol. The van der Waals surface area contributed by atoms with E-state index in [1.807, 2.05) is 23.7 Å². The minimum absolute atomic E-state index is 0.0367. The van der Waals surface area contributed by atoms with Crippen molar-refractivity contribution >= 4 is 5.65 Å². The van der Waals surface area contributed by atoms with Gasteiger partial charge in [-0.25, -0.2) is 25.3 Å². The third-order valence-corrected chi connectivity index (χ3v) is 5.21. The highest BCUT2D eigenvalue weighted by molar-refractivity contribution is 5.68. The normalized spacial score (nSPS) is 18.6. The highest BCUT2D eigenvalue weighted by atomic mass is 19.3. The molecule has 8 nitrogen and oxygen atoms in total. The van der Waals surface area contributed by atoms with Crippen LogP contribution in [0.2, 0.25) is 0 Å². The van der Waals surface area contributed by atoms with Gasteiger partial charge in [0.2, 0.25) is 6.54 Å². The van der Waals surface area contributed by atoms with Crippen LogP contribution in [0.1, 0.15) is 12.5 Å². The molecule has 1 aliphatic carbocycles. The lowest BCUT2D eigenvalue weighted by Gasteiger charge is -2.11. The molecule has 0 bridgehead atoms. The smallest absolute Gasteiger partial charge is 0.254 e.